The number of rotatable bonds is 6. The van der Waals surface area contributed by atoms with Gasteiger partial charge in [0.05, 0.1) is 6.10 Å². The fraction of sp³-hybridized carbons (Fsp3) is 0.312. The Bertz CT molecular complexity index is 778. The largest absolute Gasteiger partial charge is 0.491 e. The first-order valence-electron chi connectivity index (χ1n) is 7.50. The van der Waals surface area contributed by atoms with Gasteiger partial charge in [-0.25, -0.2) is 13.1 Å². The molecule has 1 saturated heterocycles. The molecule has 0 bridgehead atoms. The highest BCUT2D eigenvalue weighted by Crippen LogP contribution is 2.18. The number of carbonyl (C=O) groups is 1. The Morgan fingerprint density at radius 2 is 2.08 bits per heavy atom. The Hall–Kier alpha value is -1.90. The van der Waals surface area contributed by atoms with E-state index < -0.39 is 15.9 Å². The van der Waals surface area contributed by atoms with Crippen molar-refractivity contribution >= 4 is 27.3 Å². The molecule has 0 spiro atoms. The lowest BCUT2D eigenvalue weighted by Crippen LogP contribution is -2.29. The number of sulfonamides is 1. The first-order chi connectivity index (χ1) is 11.5. The highest BCUT2D eigenvalue weighted by molar-refractivity contribution is 7.92. The fourth-order valence-electron chi connectivity index (χ4n) is 2.32. The van der Waals surface area contributed by atoms with Crippen molar-refractivity contribution in [1.82, 2.24) is 4.72 Å². The topological polar surface area (TPSA) is 81.7 Å². The molecule has 1 fully saturated rings. The molecule has 2 heterocycles. The number of carbonyl (C=O) groups excluding carboxylic acids is 1. The molecule has 0 saturated carbocycles. The van der Waals surface area contributed by atoms with Gasteiger partial charge in [0.2, 0.25) is 0 Å². The molecule has 2 aromatic rings. The maximum Gasteiger partial charge on any atom is 0.273 e. The zero-order chi connectivity index (χ0) is 17.0. The van der Waals surface area contributed by atoms with Crippen LogP contribution in [0.25, 0.3) is 0 Å². The SMILES string of the molecule is O=C(NS(=O)(=O)c1cccs1)c1ccc(OC[C@@H]2CCCO2)cc1. The van der Waals surface area contributed by atoms with Gasteiger partial charge in [-0.05, 0) is 48.6 Å². The highest BCUT2D eigenvalue weighted by Gasteiger charge is 2.20. The summed E-state index contributed by atoms with van der Waals surface area (Å²) in [4.78, 5) is 12.1. The highest BCUT2D eigenvalue weighted by atomic mass is 32.2. The number of hydrogen-bond acceptors (Lipinski definition) is 6. The molecule has 1 N–H and O–H groups in total. The van der Waals surface area contributed by atoms with E-state index in [1.165, 1.54) is 18.2 Å². The summed E-state index contributed by atoms with van der Waals surface area (Å²) in [6.07, 6.45) is 2.15. The third-order valence-corrected chi connectivity index (χ3v) is 6.29. The monoisotopic (exact) mass is 367 g/mol. The third-order valence-electron chi connectivity index (χ3n) is 3.56. The minimum absolute atomic E-state index is 0.104. The molecule has 0 unspecified atom stereocenters. The molecule has 8 heteroatoms. The average Bonchev–Trinajstić information content (AvgIpc) is 3.26. The molecule has 1 aliphatic rings. The number of thiophene rings is 1. The summed E-state index contributed by atoms with van der Waals surface area (Å²) in [5.41, 5.74) is 0.250. The first kappa shape index (κ1) is 16.9. The van der Waals surface area contributed by atoms with Crippen LogP contribution in [0.2, 0.25) is 0 Å². The predicted molar refractivity (Wildman–Crippen MR) is 89.9 cm³/mol. The van der Waals surface area contributed by atoms with E-state index in [1.807, 2.05) is 0 Å². The van der Waals surface area contributed by atoms with Crippen LogP contribution in [-0.2, 0) is 14.8 Å². The lowest BCUT2D eigenvalue weighted by Gasteiger charge is -2.11. The number of benzene rings is 1. The van der Waals surface area contributed by atoms with Crippen molar-refractivity contribution in [2.24, 2.45) is 0 Å². The summed E-state index contributed by atoms with van der Waals surface area (Å²) >= 11 is 1.05. The van der Waals surface area contributed by atoms with Gasteiger partial charge in [-0.3, -0.25) is 4.79 Å². The van der Waals surface area contributed by atoms with Crippen LogP contribution in [0.3, 0.4) is 0 Å². The third kappa shape index (κ3) is 4.14. The van der Waals surface area contributed by atoms with Gasteiger partial charge in [0.15, 0.2) is 0 Å². The van der Waals surface area contributed by atoms with Crippen molar-refractivity contribution < 1.29 is 22.7 Å². The molecule has 6 nitrogen and oxygen atoms in total. The summed E-state index contributed by atoms with van der Waals surface area (Å²) in [6.45, 7) is 1.24. The normalized spacial score (nSPS) is 17.6. The Morgan fingerprint density at radius 3 is 2.71 bits per heavy atom. The lowest BCUT2D eigenvalue weighted by atomic mass is 10.2. The van der Waals surface area contributed by atoms with Crippen molar-refractivity contribution in [2.75, 3.05) is 13.2 Å². The fourth-order valence-corrected chi connectivity index (χ4v) is 4.28. The van der Waals surface area contributed by atoms with Crippen molar-refractivity contribution in [3.63, 3.8) is 0 Å². The Labute approximate surface area is 144 Å². The Kier molecular flexibility index (Phi) is 5.17. The smallest absolute Gasteiger partial charge is 0.273 e. The molecular weight excluding hydrogens is 350 g/mol. The van der Waals surface area contributed by atoms with Gasteiger partial charge in [0, 0.05) is 12.2 Å². The molecule has 1 atom stereocenters. The average molecular weight is 367 g/mol. The number of amides is 1. The van der Waals surface area contributed by atoms with Crippen LogP contribution in [0.1, 0.15) is 23.2 Å². The maximum atomic E-state index is 12.1. The molecule has 0 aliphatic carbocycles. The van der Waals surface area contributed by atoms with Crippen molar-refractivity contribution in [2.45, 2.75) is 23.2 Å². The molecule has 128 valence electrons. The van der Waals surface area contributed by atoms with E-state index in [9.17, 15) is 13.2 Å². The van der Waals surface area contributed by atoms with E-state index in [-0.39, 0.29) is 15.9 Å². The summed E-state index contributed by atoms with van der Waals surface area (Å²) in [5.74, 6) is -0.0581. The van der Waals surface area contributed by atoms with E-state index >= 15 is 0 Å². The lowest BCUT2D eigenvalue weighted by molar-refractivity contribution is 0.0679. The second-order valence-corrected chi connectivity index (χ2v) is 8.19. The summed E-state index contributed by atoms with van der Waals surface area (Å²) in [5, 5.41) is 1.64. The van der Waals surface area contributed by atoms with Crippen molar-refractivity contribution in [3.8, 4) is 5.75 Å². The minimum atomic E-state index is -3.82. The number of hydrogen-bond donors (Lipinski definition) is 1. The van der Waals surface area contributed by atoms with Crippen LogP contribution in [0.15, 0.2) is 46.0 Å². The molecule has 1 aliphatic heterocycles. The second-order valence-electron chi connectivity index (χ2n) is 5.34. The van der Waals surface area contributed by atoms with Gasteiger partial charge < -0.3 is 9.47 Å². The molecule has 0 radical (unpaired) electrons. The standard InChI is InChI=1S/C16H17NO5S2/c18-16(17-24(19,20)15-4-2-10-23-15)12-5-7-13(8-6-12)22-11-14-3-1-9-21-14/h2,4-8,10,14H,1,3,9,11H2,(H,17,18)/t14-/m0/s1. The molecular formula is C16H17NO5S2. The van der Waals surface area contributed by atoms with Crippen LogP contribution in [0.4, 0.5) is 0 Å². The molecule has 24 heavy (non-hydrogen) atoms. The molecule has 1 aromatic heterocycles. The van der Waals surface area contributed by atoms with Gasteiger partial charge >= 0.3 is 0 Å². The Balaban J connectivity index is 1.59. The van der Waals surface area contributed by atoms with Gasteiger partial charge in [0.25, 0.3) is 15.9 Å². The van der Waals surface area contributed by atoms with Crippen LogP contribution in [-0.4, -0.2) is 33.6 Å². The van der Waals surface area contributed by atoms with Crippen LogP contribution in [0, 0.1) is 0 Å². The first-order valence-corrected chi connectivity index (χ1v) is 9.86. The molecule has 1 aromatic carbocycles. The van der Waals surface area contributed by atoms with Gasteiger partial charge in [-0.15, -0.1) is 11.3 Å². The van der Waals surface area contributed by atoms with Crippen LogP contribution < -0.4 is 9.46 Å². The van der Waals surface area contributed by atoms with E-state index in [0.717, 1.165) is 30.8 Å². The second kappa shape index (κ2) is 7.33. The molecule has 1 amide bonds. The van der Waals surface area contributed by atoms with E-state index in [2.05, 4.69) is 4.72 Å². The van der Waals surface area contributed by atoms with E-state index in [0.29, 0.717) is 12.4 Å². The van der Waals surface area contributed by atoms with Gasteiger partial charge in [-0.2, -0.15) is 0 Å². The zero-order valence-corrected chi connectivity index (χ0v) is 14.4. The molecule has 3 rings (SSSR count). The summed E-state index contributed by atoms with van der Waals surface area (Å²) in [6, 6.07) is 9.41. The van der Waals surface area contributed by atoms with Crippen LogP contribution in [0.5, 0.6) is 5.75 Å². The van der Waals surface area contributed by atoms with Gasteiger partial charge in [0.1, 0.15) is 16.6 Å². The zero-order valence-electron chi connectivity index (χ0n) is 12.8. The van der Waals surface area contributed by atoms with Crippen LogP contribution >= 0.6 is 11.3 Å². The maximum absolute atomic E-state index is 12.1. The van der Waals surface area contributed by atoms with Gasteiger partial charge in [-0.1, -0.05) is 6.07 Å². The number of nitrogens with one attached hydrogen (secondary N) is 1. The minimum Gasteiger partial charge on any atom is -0.491 e. The summed E-state index contributed by atoms with van der Waals surface area (Å²) in [7, 11) is -3.82. The predicted octanol–water partition coefficient (Wildman–Crippen LogP) is 2.42. The summed E-state index contributed by atoms with van der Waals surface area (Å²) < 4.78 is 37.3. The van der Waals surface area contributed by atoms with E-state index in [4.69, 9.17) is 9.47 Å². The van der Waals surface area contributed by atoms with Crippen molar-refractivity contribution in [1.29, 1.82) is 0 Å². The number of ether oxygens (including phenoxy) is 2. The van der Waals surface area contributed by atoms with E-state index in [1.54, 1.807) is 23.6 Å². The Morgan fingerprint density at radius 1 is 1.29 bits per heavy atom. The quantitative estimate of drug-likeness (QED) is 0.848. The van der Waals surface area contributed by atoms with Crippen molar-refractivity contribution in [3.05, 3.63) is 47.3 Å².